The lowest BCUT2D eigenvalue weighted by Crippen LogP contribution is -2.38. The molecule has 1 atom stereocenters. The van der Waals surface area contributed by atoms with Crippen LogP contribution in [0.15, 0.2) is 29.4 Å². The van der Waals surface area contributed by atoms with Gasteiger partial charge in [0.1, 0.15) is 0 Å². The first-order valence-corrected chi connectivity index (χ1v) is 11.8. The summed E-state index contributed by atoms with van der Waals surface area (Å²) in [6, 6.07) is 8.37. The average Bonchev–Trinajstić information content (AvgIpc) is 2.99. The van der Waals surface area contributed by atoms with Gasteiger partial charge in [-0.1, -0.05) is 42.3 Å². The summed E-state index contributed by atoms with van der Waals surface area (Å²) in [6.45, 7) is 8.76. The molecule has 2 fully saturated rings. The van der Waals surface area contributed by atoms with Crippen LogP contribution in [0.3, 0.4) is 0 Å². The summed E-state index contributed by atoms with van der Waals surface area (Å²) in [5.74, 6) is 1.02. The molecule has 30 heavy (non-hydrogen) atoms. The maximum Gasteiger partial charge on any atom is 0.235 e. The smallest absolute Gasteiger partial charge is 0.235 e. The largest absolute Gasteiger partial charge is 0.378 e. The first-order valence-electron chi connectivity index (χ1n) is 10.9. The molecular formula is C22H31N5O2S. The molecule has 4 rings (SSSR count). The second-order valence-electron chi connectivity index (χ2n) is 8.05. The number of hydrogen-bond acceptors (Lipinski definition) is 6. The molecule has 0 spiro atoms. The number of thioether (sulfide) groups is 1. The van der Waals surface area contributed by atoms with Crippen LogP contribution in [-0.2, 0) is 9.53 Å². The van der Waals surface area contributed by atoms with Crippen molar-refractivity contribution < 1.29 is 9.53 Å². The summed E-state index contributed by atoms with van der Waals surface area (Å²) in [7, 11) is 0. The van der Waals surface area contributed by atoms with Gasteiger partial charge in [-0.25, -0.2) is 0 Å². The van der Waals surface area contributed by atoms with Crippen molar-refractivity contribution in [3.63, 3.8) is 0 Å². The lowest BCUT2D eigenvalue weighted by molar-refractivity contribution is -0.130. The van der Waals surface area contributed by atoms with Crippen LogP contribution in [-0.4, -0.2) is 70.2 Å². The minimum Gasteiger partial charge on any atom is -0.378 e. The summed E-state index contributed by atoms with van der Waals surface area (Å²) < 4.78 is 7.59. The molecule has 2 aliphatic heterocycles. The number of morpholine rings is 1. The van der Waals surface area contributed by atoms with E-state index in [4.69, 9.17) is 4.74 Å². The van der Waals surface area contributed by atoms with Gasteiger partial charge in [0.15, 0.2) is 5.16 Å². The third-order valence-corrected chi connectivity index (χ3v) is 6.78. The van der Waals surface area contributed by atoms with E-state index in [1.54, 1.807) is 0 Å². The highest BCUT2D eigenvalue weighted by Crippen LogP contribution is 2.30. The van der Waals surface area contributed by atoms with Crippen molar-refractivity contribution in [3.05, 3.63) is 29.8 Å². The van der Waals surface area contributed by atoms with Gasteiger partial charge in [-0.15, -0.1) is 10.2 Å². The lowest BCUT2D eigenvalue weighted by Gasteiger charge is -2.28. The average molecular weight is 430 g/mol. The van der Waals surface area contributed by atoms with E-state index < -0.39 is 0 Å². The summed E-state index contributed by atoms with van der Waals surface area (Å²) >= 11 is 1.50. The van der Waals surface area contributed by atoms with Crippen LogP contribution in [0.2, 0.25) is 0 Å². The Morgan fingerprint density at radius 3 is 2.33 bits per heavy atom. The number of aryl methyl sites for hydroxylation is 1. The molecule has 0 aliphatic carbocycles. The van der Waals surface area contributed by atoms with Crippen molar-refractivity contribution in [2.75, 3.05) is 44.3 Å². The molecule has 1 aromatic carbocycles. The highest BCUT2D eigenvalue weighted by Gasteiger charge is 2.27. The SMILES string of the molecule is Cc1ccc(-n2c(SC(C)C(=O)N3CCCCCC3)nnc2N2CCOCC2)cc1. The van der Waals surface area contributed by atoms with Crippen molar-refractivity contribution in [3.8, 4) is 5.69 Å². The van der Waals surface area contributed by atoms with E-state index in [1.165, 1.54) is 30.2 Å². The van der Waals surface area contributed by atoms with Crippen molar-refractivity contribution in [2.45, 2.75) is 49.9 Å². The zero-order valence-electron chi connectivity index (χ0n) is 17.9. The number of carbonyl (C=O) groups is 1. The van der Waals surface area contributed by atoms with Crippen LogP contribution < -0.4 is 4.90 Å². The lowest BCUT2D eigenvalue weighted by atomic mass is 10.2. The molecular weight excluding hydrogens is 398 g/mol. The minimum absolute atomic E-state index is 0.200. The van der Waals surface area contributed by atoms with E-state index in [9.17, 15) is 4.79 Å². The number of aromatic nitrogens is 3. The molecule has 0 bridgehead atoms. The summed E-state index contributed by atoms with van der Waals surface area (Å²) in [5, 5.41) is 9.58. The van der Waals surface area contributed by atoms with Gasteiger partial charge in [-0.2, -0.15) is 0 Å². The van der Waals surface area contributed by atoms with Crippen molar-refractivity contribution >= 4 is 23.6 Å². The number of anilines is 1. The molecule has 0 saturated carbocycles. The number of rotatable bonds is 5. The third kappa shape index (κ3) is 4.81. The molecule has 2 aliphatic rings. The second kappa shape index (κ2) is 9.83. The van der Waals surface area contributed by atoms with E-state index in [2.05, 4.69) is 50.9 Å². The Labute approximate surface area is 182 Å². The topological polar surface area (TPSA) is 63.5 Å². The summed E-state index contributed by atoms with van der Waals surface area (Å²) in [4.78, 5) is 17.3. The van der Waals surface area contributed by atoms with Gasteiger partial charge in [0, 0.05) is 26.2 Å². The van der Waals surface area contributed by atoms with Gasteiger partial charge in [0.05, 0.1) is 24.2 Å². The molecule has 2 aromatic rings. The van der Waals surface area contributed by atoms with E-state index in [-0.39, 0.29) is 11.2 Å². The fourth-order valence-corrected chi connectivity index (χ4v) is 4.93. The number of likely N-dealkylation sites (tertiary alicyclic amines) is 1. The van der Waals surface area contributed by atoms with Crippen LogP contribution in [0, 0.1) is 6.92 Å². The molecule has 1 amide bonds. The van der Waals surface area contributed by atoms with Gasteiger partial charge >= 0.3 is 0 Å². The number of amides is 1. The first-order chi connectivity index (χ1) is 14.6. The highest BCUT2D eigenvalue weighted by atomic mass is 32.2. The van der Waals surface area contributed by atoms with Crippen molar-refractivity contribution in [1.29, 1.82) is 0 Å². The summed E-state index contributed by atoms with van der Waals surface area (Å²) in [5.41, 5.74) is 2.22. The summed E-state index contributed by atoms with van der Waals surface area (Å²) in [6.07, 6.45) is 4.64. The molecule has 2 saturated heterocycles. The maximum atomic E-state index is 13.1. The molecule has 162 valence electrons. The van der Waals surface area contributed by atoms with E-state index in [1.807, 2.05) is 11.8 Å². The fourth-order valence-electron chi connectivity index (χ4n) is 3.98. The standard InChI is InChI=1S/C22H31N5O2S/c1-17-7-9-19(10-8-17)27-21(26-13-15-29-16-14-26)23-24-22(27)30-18(2)20(28)25-11-5-3-4-6-12-25/h7-10,18H,3-6,11-16H2,1-2H3. The first kappa shape index (κ1) is 21.2. The van der Waals surface area contributed by atoms with Crippen LogP contribution in [0.4, 0.5) is 5.95 Å². The van der Waals surface area contributed by atoms with Crippen LogP contribution in [0.25, 0.3) is 5.69 Å². The van der Waals surface area contributed by atoms with Crippen molar-refractivity contribution in [1.82, 2.24) is 19.7 Å². The van der Waals surface area contributed by atoms with Crippen LogP contribution in [0.1, 0.15) is 38.2 Å². The molecule has 0 radical (unpaired) electrons. The molecule has 3 heterocycles. The van der Waals surface area contributed by atoms with E-state index in [0.29, 0.717) is 13.2 Å². The van der Waals surface area contributed by atoms with Crippen LogP contribution in [0.5, 0.6) is 0 Å². The zero-order valence-corrected chi connectivity index (χ0v) is 18.7. The second-order valence-corrected chi connectivity index (χ2v) is 9.36. The fraction of sp³-hybridized carbons (Fsp3) is 0.591. The zero-order chi connectivity index (χ0) is 20.9. The Bertz CT molecular complexity index is 840. The van der Waals surface area contributed by atoms with Crippen LogP contribution >= 0.6 is 11.8 Å². The Balaban J connectivity index is 1.59. The van der Waals surface area contributed by atoms with Gasteiger partial charge in [0.2, 0.25) is 11.9 Å². The normalized spacial score (nSPS) is 18.9. The van der Waals surface area contributed by atoms with Gasteiger partial charge in [0.25, 0.3) is 0 Å². The molecule has 0 N–H and O–H groups in total. The van der Waals surface area contributed by atoms with Gasteiger partial charge in [-0.3, -0.25) is 9.36 Å². The maximum absolute atomic E-state index is 13.1. The molecule has 7 nitrogen and oxygen atoms in total. The Hall–Kier alpha value is -2.06. The molecule has 1 unspecified atom stereocenters. The number of hydrogen-bond donors (Lipinski definition) is 0. The Morgan fingerprint density at radius 1 is 1.00 bits per heavy atom. The molecule has 1 aromatic heterocycles. The monoisotopic (exact) mass is 429 g/mol. The van der Waals surface area contributed by atoms with Gasteiger partial charge in [-0.05, 0) is 38.8 Å². The number of ether oxygens (including phenoxy) is 1. The predicted molar refractivity (Wildman–Crippen MR) is 119 cm³/mol. The molecule has 8 heteroatoms. The highest BCUT2D eigenvalue weighted by molar-refractivity contribution is 8.00. The Kier molecular flexibility index (Phi) is 6.94. The van der Waals surface area contributed by atoms with E-state index in [0.717, 1.165) is 55.8 Å². The number of benzene rings is 1. The third-order valence-electron chi connectivity index (χ3n) is 5.75. The minimum atomic E-state index is -0.200. The number of nitrogens with zero attached hydrogens (tertiary/aromatic N) is 5. The predicted octanol–water partition coefficient (Wildman–Crippen LogP) is 3.30. The van der Waals surface area contributed by atoms with E-state index >= 15 is 0 Å². The Morgan fingerprint density at radius 2 is 1.67 bits per heavy atom. The number of carbonyl (C=O) groups excluding carboxylic acids is 1. The van der Waals surface area contributed by atoms with Gasteiger partial charge < -0.3 is 14.5 Å². The van der Waals surface area contributed by atoms with Crippen molar-refractivity contribution in [2.24, 2.45) is 0 Å². The quantitative estimate of drug-likeness (QED) is 0.680.